The number of ether oxygens (including phenoxy) is 1. The number of carbonyl (C=O) groups excluding carboxylic acids is 1. The molecule has 1 atom stereocenters. The molecule has 0 bridgehead atoms. The van der Waals surface area contributed by atoms with E-state index in [0.29, 0.717) is 23.7 Å². The molecule has 0 aliphatic rings. The summed E-state index contributed by atoms with van der Waals surface area (Å²) in [6.07, 6.45) is 0. The van der Waals surface area contributed by atoms with Crippen molar-refractivity contribution >= 4 is 29.2 Å². The highest BCUT2D eigenvalue weighted by molar-refractivity contribution is 6.35. The molecule has 25 heavy (non-hydrogen) atoms. The minimum absolute atomic E-state index is 0.0534. The Labute approximate surface area is 156 Å². The Hall–Kier alpha value is -1.82. The molecule has 0 aliphatic carbocycles. The number of urea groups is 1. The highest BCUT2D eigenvalue weighted by atomic mass is 35.5. The van der Waals surface area contributed by atoms with Crippen LogP contribution in [0.5, 0.6) is 0 Å². The quantitative estimate of drug-likeness (QED) is 0.700. The molecule has 0 heterocycles. The van der Waals surface area contributed by atoms with Gasteiger partial charge in [0.15, 0.2) is 0 Å². The van der Waals surface area contributed by atoms with Gasteiger partial charge < -0.3 is 15.4 Å². The van der Waals surface area contributed by atoms with Crippen molar-refractivity contribution in [3.05, 3.63) is 69.0 Å². The molecular formula is C18H19Cl2FN2O2. The molecule has 2 amide bonds. The molecule has 0 saturated heterocycles. The Kier molecular flexibility index (Phi) is 7.05. The summed E-state index contributed by atoms with van der Waals surface area (Å²) in [6.45, 7) is 2.63. The Morgan fingerprint density at radius 2 is 1.80 bits per heavy atom. The summed E-state index contributed by atoms with van der Waals surface area (Å²) in [4.78, 5) is 12.0. The molecule has 2 aromatic carbocycles. The van der Waals surface area contributed by atoms with Crippen LogP contribution in [0.15, 0.2) is 36.4 Å². The first-order valence-corrected chi connectivity index (χ1v) is 8.42. The van der Waals surface area contributed by atoms with Crippen molar-refractivity contribution in [1.29, 1.82) is 0 Å². The fraction of sp³-hybridized carbons (Fsp3) is 0.278. The molecule has 2 rings (SSSR count). The summed E-state index contributed by atoms with van der Waals surface area (Å²) in [5.74, 6) is -0.578. The molecule has 4 nitrogen and oxygen atoms in total. The third kappa shape index (κ3) is 5.59. The normalized spacial score (nSPS) is 11.9. The summed E-state index contributed by atoms with van der Waals surface area (Å²) in [5, 5.41) is 5.72. The van der Waals surface area contributed by atoms with Crippen LogP contribution < -0.4 is 10.6 Å². The highest BCUT2D eigenvalue weighted by Gasteiger charge is 2.15. The molecule has 0 aliphatic heterocycles. The van der Waals surface area contributed by atoms with Gasteiger partial charge in [-0.1, -0.05) is 47.5 Å². The summed E-state index contributed by atoms with van der Waals surface area (Å²) in [6, 6.07) is 9.43. The lowest BCUT2D eigenvalue weighted by molar-refractivity contribution is 0.185. The molecule has 0 radical (unpaired) electrons. The average Bonchev–Trinajstić information content (AvgIpc) is 2.57. The molecule has 0 saturated carbocycles. The fourth-order valence-corrected chi connectivity index (χ4v) is 2.84. The van der Waals surface area contributed by atoms with E-state index < -0.39 is 11.9 Å². The second kappa shape index (κ2) is 9.04. The summed E-state index contributed by atoms with van der Waals surface area (Å²) < 4.78 is 18.6. The largest absolute Gasteiger partial charge is 0.380 e. The van der Waals surface area contributed by atoms with E-state index in [2.05, 4.69) is 10.6 Å². The number of carbonyl (C=O) groups is 1. The maximum absolute atomic E-state index is 13.6. The van der Waals surface area contributed by atoms with Crippen molar-refractivity contribution in [2.24, 2.45) is 0 Å². The van der Waals surface area contributed by atoms with Gasteiger partial charge in [0.25, 0.3) is 0 Å². The number of halogens is 3. The van der Waals surface area contributed by atoms with Crippen LogP contribution in [0, 0.1) is 5.82 Å². The Morgan fingerprint density at radius 3 is 2.44 bits per heavy atom. The van der Waals surface area contributed by atoms with Gasteiger partial charge in [0.2, 0.25) is 0 Å². The number of hydrogen-bond acceptors (Lipinski definition) is 2. The van der Waals surface area contributed by atoms with Gasteiger partial charge in [0, 0.05) is 18.7 Å². The third-order valence-corrected chi connectivity index (χ3v) is 4.26. The van der Waals surface area contributed by atoms with Crippen molar-refractivity contribution in [3.63, 3.8) is 0 Å². The van der Waals surface area contributed by atoms with Crippen molar-refractivity contribution < 1.29 is 13.9 Å². The first-order valence-electron chi connectivity index (χ1n) is 7.66. The maximum Gasteiger partial charge on any atom is 0.315 e. The number of amides is 2. The standard InChI is InChI=1S/C18H19Cl2FN2O2/c1-11(14-7-17(21)16(20)8-15(14)19)23-18(24)22-9-12-3-5-13(6-4-12)10-25-2/h3-8,11H,9-10H2,1-2H3,(H2,22,23,24). The molecule has 7 heteroatoms. The van der Waals surface area contributed by atoms with Crippen LogP contribution >= 0.6 is 23.2 Å². The van der Waals surface area contributed by atoms with Gasteiger partial charge in [-0.25, -0.2) is 9.18 Å². The number of nitrogens with one attached hydrogen (secondary N) is 2. The lowest BCUT2D eigenvalue weighted by Crippen LogP contribution is -2.36. The number of methoxy groups -OCH3 is 1. The predicted octanol–water partition coefficient (Wildman–Crippen LogP) is 4.84. The predicted molar refractivity (Wildman–Crippen MR) is 97.4 cm³/mol. The van der Waals surface area contributed by atoms with Gasteiger partial charge >= 0.3 is 6.03 Å². The number of hydrogen-bond donors (Lipinski definition) is 2. The van der Waals surface area contributed by atoms with Crippen LogP contribution in [0.3, 0.4) is 0 Å². The summed E-state index contributed by atoms with van der Waals surface area (Å²) in [7, 11) is 1.64. The van der Waals surface area contributed by atoms with Crippen molar-refractivity contribution in [3.8, 4) is 0 Å². The fourth-order valence-electron chi connectivity index (χ4n) is 2.30. The average molecular weight is 385 g/mol. The molecular weight excluding hydrogens is 366 g/mol. The number of rotatable bonds is 6. The summed E-state index contributed by atoms with van der Waals surface area (Å²) >= 11 is 11.7. The second-order valence-corrected chi connectivity index (χ2v) is 6.40. The molecule has 0 spiro atoms. The molecule has 0 fully saturated rings. The van der Waals surface area contributed by atoms with E-state index in [1.54, 1.807) is 14.0 Å². The van der Waals surface area contributed by atoms with E-state index in [-0.39, 0.29) is 11.1 Å². The van der Waals surface area contributed by atoms with Gasteiger partial charge in [-0.2, -0.15) is 0 Å². The minimum atomic E-state index is -0.578. The van der Waals surface area contributed by atoms with E-state index in [0.717, 1.165) is 11.1 Å². The third-order valence-electron chi connectivity index (χ3n) is 3.64. The van der Waals surface area contributed by atoms with Crippen molar-refractivity contribution in [2.75, 3.05) is 7.11 Å². The van der Waals surface area contributed by atoms with Gasteiger partial charge in [-0.05, 0) is 35.7 Å². The van der Waals surface area contributed by atoms with Crippen molar-refractivity contribution in [1.82, 2.24) is 10.6 Å². The van der Waals surface area contributed by atoms with Crippen LogP contribution in [0.4, 0.5) is 9.18 Å². The lowest BCUT2D eigenvalue weighted by atomic mass is 10.1. The first-order chi connectivity index (χ1) is 11.9. The van der Waals surface area contributed by atoms with E-state index in [4.69, 9.17) is 27.9 Å². The van der Waals surface area contributed by atoms with Crippen LogP contribution in [-0.2, 0) is 17.9 Å². The monoisotopic (exact) mass is 384 g/mol. The highest BCUT2D eigenvalue weighted by Crippen LogP contribution is 2.28. The van der Waals surface area contributed by atoms with E-state index in [1.165, 1.54) is 12.1 Å². The smallest absolute Gasteiger partial charge is 0.315 e. The minimum Gasteiger partial charge on any atom is -0.380 e. The second-order valence-electron chi connectivity index (χ2n) is 5.59. The number of benzene rings is 2. The Bertz CT molecular complexity index is 739. The van der Waals surface area contributed by atoms with Crippen LogP contribution in [-0.4, -0.2) is 13.1 Å². The molecule has 0 aromatic heterocycles. The zero-order valence-corrected chi connectivity index (χ0v) is 15.4. The molecule has 1 unspecified atom stereocenters. The zero-order valence-electron chi connectivity index (χ0n) is 13.9. The zero-order chi connectivity index (χ0) is 18.4. The van der Waals surface area contributed by atoms with Crippen molar-refractivity contribution in [2.45, 2.75) is 26.1 Å². The topological polar surface area (TPSA) is 50.4 Å². The first kappa shape index (κ1) is 19.5. The van der Waals surface area contributed by atoms with E-state index >= 15 is 0 Å². The van der Waals surface area contributed by atoms with E-state index in [9.17, 15) is 9.18 Å². The van der Waals surface area contributed by atoms with E-state index in [1.807, 2.05) is 24.3 Å². The Balaban J connectivity index is 1.90. The lowest BCUT2D eigenvalue weighted by Gasteiger charge is -2.17. The maximum atomic E-state index is 13.6. The summed E-state index contributed by atoms with van der Waals surface area (Å²) in [5.41, 5.74) is 2.48. The van der Waals surface area contributed by atoms with Gasteiger partial charge in [-0.3, -0.25) is 0 Å². The molecule has 134 valence electrons. The van der Waals surface area contributed by atoms with Crippen LogP contribution in [0.2, 0.25) is 10.0 Å². The van der Waals surface area contributed by atoms with Gasteiger partial charge in [0.1, 0.15) is 5.82 Å². The van der Waals surface area contributed by atoms with Gasteiger partial charge in [-0.15, -0.1) is 0 Å². The van der Waals surface area contributed by atoms with Crippen LogP contribution in [0.1, 0.15) is 29.7 Å². The van der Waals surface area contributed by atoms with Gasteiger partial charge in [0.05, 0.1) is 17.7 Å². The SMILES string of the molecule is COCc1ccc(CNC(=O)NC(C)c2cc(F)c(Cl)cc2Cl)cc1. The van der Waals surface area contributed by atoms with Crippen LogP contribution in [0.25, 0.3) is 0 Å². The molecule has 2 N–H and O–H groups in total. The molecule has 2 aromatic rings. The Morgan fingerprint density at radius 1 is 1.16 bits per heavy atom.